The maximum absolute atomic E-state index is 9.37. The van der Waals surface area contributed by atoms with E-state index in [0.717, 1.165) is 25.2 Å². The van der Waals surface area contributed by atoms with E-state index in [1.54, 1.807) is 11.3 Å². The molecule has 1 aromatic heterocycles. The van der Waals surface area contributed by atoms with Crippen molar-refractivity contribution in [2.75, 3.05) is 19.7 Å². The monoisotopic (exact) mass is 240 g/mol. The van der Waals surface area contributed by atoms with E-state index < -0.39 is 0 Å². The van der Waals surface area contributed by atoms with Crippen LogP contribution >= 0.6 is 11.3 Å². The van der Waals surface area contributed by atoms with Gasteiger partial charge in [0.05, 0.1) is 17.8 Å². The van der Waals surface area contributed by atoms with Gasteiger partial charge in [-0.15, -0.1) is 11.3 Å². The van der Waals surface area contributed by atoms with Gasteiger partial charge in [0.15, 0.2) is 0 Å². The van der Waals surface area contributed by atoms with Crippen molar-refractivity contribution in [1.29, 1.82) is 0 Å². The Labute approximate surface area is 101 Å². The fourth-order valence-electron chi connectivity index (χ4n) is 2.47. The molecule has 0 spiro atoms. The van der Waals surface area contributed by atoms with Gasteiger partial charge in [-0.3, -0.25) is 4.90 Å². The molecular formula is C12H20N2OS. The summed E-state index contributed by atoms with van der Waals surface area (Å²) in [4.78, 5) is 8.07. The van der Waals surface area contributed by atoms with Crippen molar-refractivity contribution in [3.63, 3.8) is 0 Å². The van der Waals surface area contributed by atoms with Crippen LogP contribution in [0.15, 0.2) is 5.51 Å². The van der Waals surface area contributed by atoms with Crippen LogP contribution in [0.4, 0.5) is 0 Å². The molecule has 2 rings (SSSR count). The van der Waals surface area contributed by atoms with Gasteiger partial charge >= 0.3 is 0 Å². The first-order chi connectivity index (χ1) is 7.72. The van der Waals surface area contributed by atoms with E-state index in [1.807, 2.05) is 5.51 Å². The molecule has 3 nitrogen and oxygen atoms in total. The van der Waals surface area contributed by atoms with Crippen molar-refractivity contribution in [3.05, 3.63) is 16.1 Å². The van der Waals surface area contributed by atoms with E-state index in [1.165, 1.54) is 11.3 Å². The van der Waals surface area contributed by atoms with Gasteiger partial charge in [-0.05, 0) is 32.2 Å². The van der Waals surface area contributed by atoms with Gasteiger partial charge in [-0.1, -0.05) is 6.92 Å². The third-order valence-electron chi connectivity index (χ3n) is 3.66. The highest BCUT2D eigenvalue weighted by Crippen LogP contribution is 2.24. The zero-order chi connectivity index (χ0) is 11.5. The molecule has 4 heteroatoms. The molecule has 16 heavy (non-hydrogen) atoms. The molecule has 0 aliphatic carbocycles. The number of rotatable bonds is 4. The summed E-state index contributed by atoms with van der Waals surface area (Å²) in [5.74, 6) is 0.632. The minimum Gasteiger partial charge on any atom is -0.395 e. The zero-order valence-electron chi connectivity index (χ0n) is 10.0. The number of thiazole rings is 1. The van der Waals surface area contributed by atoms with Crippen LogP contribution in [0, 0.1) is 12.8 Å². The maximum Gasteiger partial charge on any atom is 0.0797 e. The molecule has 0 saturated carbocycles. The van der Waals surface area contributed by atoms with Crippen molar-refractivity contribution in [3.8, 4) is 0 Å². The number of nitrogens with zero attached hydrogens (tertiary/aromatic N) is 2. The molecule has 0 aromatic carbocycles. The van der Waals surface area contributed by atoms with Crippen molar-refractivity contribution in [1.82, 2.24) is 9.88 Å². The summed E-state index contributed by atoms with van der Waals surface area (Å²) in [5, 5.41) is 9.37. The van der Waals surface area contributed by atoms with Crippen LogP contribution in [0.5, 0.6) is 0 Å². The molecule has 1 aliphatic heterocycles. The second-order valence-electron chi connectivity index (χ2n) is 4.66. The smallest absolute Gasteiger partial charge is 0.0797 e. The fourth-order valence-corrected chi connectivity index (χ4v) is 3.24. The van der Waals surface area contributed by atoms with E-state index in [0.29, 0.717) is 18.6 Å². The minimum absolute atomic E-state index is 0.294. The molecule has 1 saturated heterocycles. The number of aliphatic hydroxyl groups excluding tert-OH is 1. The fraction of sp³-hybridized carbons (Fsp3) is 0.750. The van der Waals surface area contributed by atoms with E-state index in [9.17, 15) is 5.11 Å². The summed E-state index contributed by atoms with van der Waals surface area (Å²) >= 11 is 1.74. The molecule has 2 atom stereocenters. The average Bonchev–Trinajstić information content (AvgIpc) is 2.82. The predicted octanol–water partition coefficient (Wildman–Crippen LogP) is 1.70. The standard InChI is InChI=1S/C12H20N2OS/c1-9-3-5-14(11(9)7-15)6-4-12-10(2)13-8-16-12/h8-9,11,15H,3-7H2,1-2H3. The Balaban J connectivity index is 1.89. The van der Waals surface area contributed by atoms with Crippen molar-refractivity contribution < 1.29 is 5.11 Å². The number of hydrogen-bond acceptors (Lipinski definition) is 4. The third-order valence-corrected chi connectivity index (χ3v) is 4.65. The summed E-state index contributed by atoms with van der Waals surface area (Å²) in [6.07, 6.45) is 2.28. The SMILES string of the molecule is Cc1ncsc1CCN1CCC(C)C1CO. The lowest BCUT2D eigenvalue weighted by Gasteiger charge is -2.24. The number of aryl methyl sites for hydroxylation is 1. The summed E-state index contributed by atoms with van der Waals surface area (Å²) < 4.78 is 0. The van der Waals surface area contributed by atoms with Crippen molar-refractivity contribution >= 4 is 11.3 Å². The number of hydrogen-bond donors (Lipinski definition) is 1. The summed E-state index contributed by atoms with van der Waals surface area (Å²) in [6, 6.07) is 0.369. The van der Waals surface area contributed by atoms with Gasteiger partial charge in [0.2, 0.25) is 0 Å². The van der Waals surface area contributed by atoms with Crippen LogP contribution in [-0.4, -0.2) is 40.7 Å². The highest BCUT2D eigenvalue weighted by Gasteiger charge is 2.29. The third kappa shape index (κ3) is 2.44. The first-order valence-electron chi connectivity index (χ1n) is 5.96. The Morgan fingerprint density at radius 1 is 1.62 bits per heavy atom. The topological polar surface area (TPSA) is 36.4 Å². The highest BCUT2D eigenvalue weighted by atomic mass is 32.1. The minimum atomic E-state index is 0.294. The van der Waals surface area contributed by atoms with Crippen LogP contribution in [-0.2, 0) is 6.42 Å². The van der Waals surface area contributed by atoms with Gasteiger partial charge in [-0.25, -0.2) is 4.98 Å². The molecule has 0 amide bonds. The molecule has 2 unspecified atom stereocenters. The highest BCUT2D eigenvalue weighted by molar-refractivity contribution is 7.09. The van der Waals surface area contributed by atoms with Crippen LogP contribution in [0.1, 0.15) is 23.9 Å². The Bertz CT molecular complexity index is 340. The predicted molar refractivity (Wildman–Crippen MR) is 66.8 cm³/mol. The van der Waals surface area contributed by atoms with Crippen molar-refractivity contribution in [2.24, 2.45) is 5.92 Å². The van der Waals surface area contributed by atoms with Gasteiger partial charge in [0, 0.05) is 17.5 Å². The summed E-state index contributed by atoms with van der Waals surface area (Å²) in [7, 11) is 0. The first kappa shape index (κ1) is 12.0. The molecule has 1 aliphatic rings. The lowest BCUT2D eigenvalue weighted by Crippen LogP contribution is -2.36. The molecule has 0 bridgehead atoms. The molecule has 2 heterocycles. The van der Waals surface area contributed by atoms with Gasteiger partial charge in [0.1, 0.15) is 0 Å². The Hall–Kier alpha value is -0.450. The van der Waals surface area contributed by atoms with Crippen molar-refractivity contribution in [2.45, 2.75) is 32.7 Å². The van der Waals surface area contributed by atoms with E-state index in [4.69, 9.17) is 0 Å². The molecule has 90 valence electrons. The zero-order valence-corrected chi connectivity index (χ0v) is 10.8. The van der Waals surface area contributed by atoms with Crippen LogP contribution in [0.2, 0.25) is 0 Å². The van der Waals surface area contributed by atoms with Crippen LogP contribution in [0.3, 0.4) is 0 Å². The molecule has 0 radical (unpaired) electrons. The molecule has 1 fully saturated rings. The largest absolute Gasteiger partial charge is 0.395 e. The average molecular weight is 240 g/mol. The van der Waals surface area contributed by atoms with E-state index in [2.05, 4.69) is 23.7 Å². The second-order valence-corrected chi connectivity index (χ2v) is 5.60. The molecular weight excluding hydrogens is 220 g/mol. The lowest BCUT2D eigenvalue weighted by atomic mass is 10.0. The van der Waals surface area contributed by atoms with Gasteiger partial charge in [-0.2, -0.15) is 0 Å². The summed E-state index contributed by atoms with van der Waals surface area (Å²) in [5.41, 5.74) is 3.08. The Morgan fingerprint density at radius 2 is 2.44 bits per heavy atom. The van der Waals surface area contributed by atoms with E-state index >= 15 is 0 Å². The van der Waals surface area contributed by atoms with Gasteiger partial charge in [0.25, 0.3) is 0 Å². The number of aliphatic hydroxyl groups is 1. The molecule has 1 N–H and O–H groups in total. The lowest BCUT2D eigenvalue weighted by molar-refractivity contribution is 0.140. The number of likely N-dealkylation sites (tertiary alicyclic amines) is 1. The molecule has 1 aromatic rings. The Kier molecular flexibility index (Phi) is 3.95. The quantitative estimate of drug-likeness (QED) is 0.870. The van der Waals surface area contributed by atoms with Gasteiger partial charge < -0.3 is 5.11 Å². The Morgan fingerprint density at radius 3 is 3.06 bits per heavy atom. The van der Waals surface area contributed by atoms with Crippen LogP contribution < -0.4 is 0 Å². The number of aromatic nitrogens is 1. The van der Waals surface area contributed by atoms with E-state index in [-0.39, 0.29) is 0 Å². The normalized spacial score (nSPS) is 26.4. The maximum atomic E-state index is 9.37. The second kappa shape index (κ2) is 5.25. The van der Waals surface area contributed by atoms with Crippen LogP contribution in [0.25, 0.3) is 0 Å². The first-order valence-corrected chi connectivity index (χ1v) is 6.84. The summed E-state index contributed by atoms with van der Waals surface area (Å²) in [6.45, 7) is 6.78.